The first-order valence-electron chi connectivity index (χ1n) is 6.69. The molecule has 0 radical (unpaired) electrons. The number of aromatic nitrogens is 2. The summed E-state index contributed by atoms with van der Waals surface area (Å²) < 4.78 is 5.16. The highest BCUT2D eigenvalue weighted by atomic mass is 16.5. The summed E-state index contributed by atoms with van der Waals surface area (Å²) in [4.78, 5) is 7.52. The number of H-pyrrole nitrogens is 1. The van der Waals surface area contributed by atoms with Crippen LogP contribution < -0.4 is 10.1 Å². The molecule has 0 spiro atoms. The molecule has 0 bridgehead atoms. The fourth-order valence-corrected chi connectivity index (χ4v) is 2.15. The van der Waals surface area contributed by atoms with Crippen molar-refractivity contribution in [3.63, 3.8) is 0 Å². The standard InChI is InChI=1S/C15H21N3O/c1-3-16-14(15-17-10-11-18-15)9-6-12-4-7-13(19-2)8-5-12/h4-5,7-8,10-11,14,16H,3,6,9H2,1-2H3,(H,17,18). The first kappa shape index (κ1) is 13.6. The van der Waals surface area contributed by atoms with Gasteiger partial charge in [-0.25, -0.2) is 4.98 Å². The first-order valence-corrected chi connectivity index (χ1v) is 6.69. The molecule has 0 aliphatic heterocycles. The van der Waals surface area contributed by atoms with E-state index >= 15 is 0 Å². The minimum absolute atomic E-state index is 0.280. The molecule has 4 heteroatoms. The Hall–Kier alpha value is -1.81. The van der Waals surface area contributed by atoms with Crippen molar-refractivity contribution in [1.29, 1.82) is 0 Å². The van der Waals surface area contributed by atoms with Gasteiger partial charge in [-0.2, -0.15) is 0 Å². The van der Waals surface area contributed by atoms with Gasteiger partial charge in [0.2, 0.25) is 0 Å². The van der Waals surface area contributed by atoms with Gasteiger partial charge < -0.3 is 15.0 Å². The number of ether oxygens (including phenoxy) is 1. The zero-order chi connectivity index (χ0) is 13.5. The highest BCUT2D eigenvalue weighted by molar-refractivity contribution is 5.27. The van der Waals surface area contributed by atoms with Gasteiger partial charge in [0.1, 0.15) is 11.6 Å². The Morgan fingerprint density at radius 3 is 2.68 bits per heavy atom. The average molecular weight is 259 g/mol. The van der Waals surface area contributed by atoms with Crippen LogP contribution in [0.25, 0.3) is 0 Å². The third-order valence-electron chi connectivity index (χ3n) is 3.18. The topological polar surface area (TPSA) is 49.9 Å². The van der Waals surface area contributed by atoms with Crippen molar-refractivity contribution in [2.24, 2.45) is 0 Å². The van der Waals surface area contributed by atoms with Gasteiger partial charge in [-0.05, 0) is 37.1 Å². The second-order valence-electron chi connectivity index (χ2n) is 4.47. The summed E-state index contributed by atoms with van der Waals surface area (Å²) in [6.07, 6.45) is 5.70. The lowest BCUT2D eigenvalue weighted by Gasteiger charge is -2.15. The number of aryl methyl sites for hydroxylation is 1. The number of benzene rings is 1. The molecule has 0 saturated carbocycles. The van der Waals surface area contributed by atoms with Crippen molar-refractivity contribution < 1.29 is 4.74 Å². The summed E-state index contributed by atoms with van der Waals surface area (Å²) >= 11 is 0. The maximum atomic E-state index is 5.16. The van der Waals surface area contributed by atoms with Crippen molar-refractivity contribution in [2.45, 2.75) is 25.8 Å². The Balaban J connectivity index is 1.94. The second kappa shape index (κ2) is 6.95. The Morgan fingerprint density at radius 1 is 1.32 bits per heavy atom. The minimum atomic E-state index is 0.280. The molecule has 1 atom stereocenters. The molecular formula is C15H21N3O. The van der Waals surface area contributed by atoms with Gasteiger partial charge in [0, 0.05) is 12.4 Å². The monoisotopic (exact) mass is 259 g/mol. The van der Waals surface area contributed by atoms with E-state index in [9.17, 15) is 0 Å². The minimum Gasteiger partial charge on any atom is -0.497 e. The highest BCUT2D eigenvalue weighted by Gasteiger charge is 2.12. The van der Waals surface area contributed by atoms with E-state index in [2.05, 4.69) is 34.3 Å². The third-order valence-corrected chi connectivity index (χ3v) is 3.18. The molecule has 19 heavy (non-hydrogen) atoms. The third kappa shape index (κ3) is 3.83. The quantitative estimate of drug-likeness (QED) is 0.803. The van der Waals surface area contributed by atoms with E-state index in [1.165, 1.54) is 5.56 Å². The number of hydrogen-bond donors (Lipinski definition) is 2. The smallest absolute Gasteiger partial charge is 0.123 e. The van der Waals surface area contributed by atoms with E-state index in [0.29, 0.717) is 0 Å². The number of nitrogens with one attached hydrogen (secondary N) is 2. The van der Waals surface area contributed by atoms with Crippen LogP contribution in [0.1, 0.15) is 30.8 Å². The Labute approximate surface area is 114 Å². The van der Waals surface area contributed by atoms with Crippen LogP contribution in [0.15, 0.2) is 36.7 Å². The summed E-state index contributed by atoms with van der Waals surface area (Å²) in [7, 11) is 1.69. The Morgan fingerprint density at radius 2 is 2.11 bits per heavy atom. The van der Waals surface area contributed by atoms with Crippen LogP contribution in [0.2, 0.25) is 0 Å². The fourth-order valence-electron chi connectivity index (χ4n) is 2.15. The van der Waals surface area contributed by atoms with Crippen LogP contribution in [0.4, 0.5) is 0 Å². The molecule has 2 N–H and O–H groups in total. The number of hydrogen-bond acceptors (Lipinski definition) is 3. The zero-order valence-electron chi connectivity index (χ0n) is 11.5. The zero-order valence-corrected chi connectivity index (χ0v) is 11.5. The van der Waals surface area contributed by atoms with Gasteiger partial charge in [0.05, 0.1) is 13.2 Å². The molecule has 0 aliphatic carbocycles. The number of methoxy groups -OCH3 is 1. The Bertz CT molecular complexity index is 465. The van der Waals surface area contributed by atoms with E-state index in [-0.39, 0.29) is 6.04 Å². The molecule has 1 aromatic heterocycles. The molecule has 2 aromatic rings. The van der Waals surface area contributed by atoms with Crippen molar-refractivity contribution in [2.75, 3.05) is 13.7 Å². The van der Waals surface area contributed by atoms with Crippen molar-refractivity contribution >= 4 is 0 Å². The first-order chi connectivity index (χ1) is 9.33. The molecule has 1 unspecified atom stereocenters. The number of nitrogens with zero attached hydrogens (tertiary/aromatic N) is 1. The SMILES string of the molecule is CCNC(CCc1ccc(OC)cc1)c1ncc[nH]1. The van der Waals surface area contributed by atoms with Gasteiger partial charge in [-0.3, -0.25) is 0 Å². The lowest BCUT2D eigenvalue weighted by Crippen LogP contribution is -2.22. The summed E-state index contributed by atoms with van der Waals surface area (Å²) in [5.74, 6) is 1.91. The molecule has 0 saturated heterocycles. The molecule has 0 amide bonds. The molecule has 102 valence electrons. The van der Waals surface area contributed by atoms with Gasteiger partial charge in [-0.1, -0.05) is 19.1 Å². The van der Waals surface area contributed by atoms with Gasteiger partial charge in [0.25, 0.3) is 0 Å². The molecule has 4 nitrogen and oxygen atoms in total. The fraction of sp³-hybridized carbons (Fsp3) is 0.400. The summed E-state index contributed by atoms with van der Waals surface area (Å²) in [5, 5.41) is 3.46. The molecule has 1 aromatic carbocycles. The predicted octanol–water partition coefficient (Wildman–Crippen LogP) is 2.70. The number of aromatic amines is 1. The molecule has 2 rings (SSSR count). The Kier molecular flexibility index (Phi) is 4.98. The van der Waals surface area contributed by atoms with Crippen molar-refractivity contribution in [3.8, 4) is 5.75 Å². The second-order valence-corrected chi connectivity index (χ2v) is 4.47. The van der Waals surface area contributed by atoms with Crippen LogP contribution >= 0.6 is 0 Å². The lowest BCUT2D eigenvalue weighted by molar-refractivity contribution is 0.414. The van der Waals surface area contributed by atoms with E-state index in [4.69, 9.17) is 4.74 Å². The maximum Gasteiger partial charge on any atom is 0.123 e. The van der Waals surface area contributed by atoms with Crippen LogP contribution in [0.5, 0.6) is 5.75 Å². The van der Waals surface area contributed by atoms with Gasteiger partial charge in [-0.15, -0.1) is 0 Å². The van der Waals surface area contributed by atoms with E-state index in [1.54, 1.807) is 13.3 Å². The largest absolute Gasteiger partial charge is 0.497 e. The molecule has 0 aliphatic rings. The van der Waals surface area contributed by atoms with Crippen molar-refractivity contribution in [1.82, 2.24) is 15.3 Å². The highest BCUT2D eigenvalue weighted by Crippen LogP contribution is 2.18. The molecule has 1 heterocycles. The van der Waals surface area contributed by atoms with Crippen LogP contribution in [0, 0.1) is 0 Å². The average Bonchev–Trinajstić information content (AvgIpc) is 2.98. The van der Waals surface area contributed by atoms with E-state index in [1.807, 2.05) is 18.3 Å². The summed E-state index contributed by atoms with van der Waals surface area (Å²) in [6.45, 7) is 3.05. The predicted molar refractivity (Wildman–Crippen MR) is 76.3 cm³/mol. The lowest BCUT2D eigenvalue weighted by atomic mass is 10.0. The van der Waals surface area contributed by atoms with Crippen LogP contribution in [0.3, 0.4) is 0 Å². The van der Waals surface area contributed by atoms with Gasteiger partial charge >= 0.3 is 0 Å². The summed E-state index contributed by atoms with van der Waals surface area (Å²) in [5.41, 5.74) is 1.32. The summed E-state index contributed by atoms with van der Waals surface area (Å²) in [6, 6.07) is 8.52. The van der Waals surface area contributed by atoms with Crippen LogP contribution in [-0.2, 0) is 6.42 Å². The van der Waals surface area contributed by atoms with Crippen LogP contribution in [-0.4, -0.2) is 23.6 Å². The molecular weight excluding hydrogens is 238 g/mol. The van der Waals surface area contributed by atoms with E-state index in [0.717, 1.165) is 31.0 Å². The number of rotatable bonds is 7. The maximum absolute atomic E-state index is 5.16. The van der Waals surface area contributed by atoms with E-state index < -0.39 is 0 Å². The number of imidazole rings is 1. The molecule has 0 fully saturated rings. The normalized spacial score (nSPS) is 12.3. The van der Waals surface area contributed by atoms with Gasteiger partial charge in [0.15, 0.2) is 0 Å². The van der Waals surface area contributed by atoms with Crippen molar-refractivity contribution in [3.05, 3.63) is 48.0 Å².